The molecule has 1 aromatic carbocycles. The molecule has 0 radical (unpaired) electrons. The minimum atomic E-state index is -4.00. The van der Waals surface area contributed by atoms with Crippen LogP contribution in [0.2, 0.25) is 0 Å². The van der Waals surface area contributed by atoms with Gasteiger partial charge in [0, 0.05) is 0 Å². The van der Waals surface area contributed by atoms with Crippen molar-refractivity contribution in [3.05, 3.63) is 42.2 Å². The molecule has 0 spiro atoms. The van der Waals surface area contributed by atoms with Gasteiger partial charge in [-0.25, -0.2) is 4.57 Å². The molecule has 0 fully saturated rings. The summed E-state index contributed by atoms with van der Waals surface area (Å²) in [5.41, 5.74) is 1.01. The van der Waals surface area contributed by atoms with Crippen molar-refractivity contribution in [1.82, 2.24) is 0 Å². The lowest BCUT2D eigenvalue weighted by Crippen LogP contribution is -2.37. The fraction of sp³-hybridized carbons (Fsp3) is 0.467. The Kier molecular flexibility index (Phi) is 7.79. The molecular weight excluding hydrogens is 305 g/mol. The van der Waals surface area contributed by atoms with Crippen molar-refractivity contribution in [3.63, 3.8) is 0 Å². The second-order valence-corrected chi connectivity index (χ2v) is 7.19. The van der Waals surface area contributed by atoms with Gasteiger partial charge in [0.05, 0.1) is 34.0 Å². The third kappa shape index (κ3) is 9.71. The predicted molar refractivity (Wildman–Crippen MR) is 86.1 cm³/mol. The van der Waals surface area contributed by atoms with Crippen molar-refractivity contribution in [1.29, 1.82) is 0 Å². The molecule has 1 N–H and O–H groups in total. The molecule has 0 saturated carbocycles. The van der Waals surface area contributed by atoms with E-state index < -0.39 is 7.82 Å². The van der Waals surface area contributed by atoms with Gasteiger partial charge in [-0.05, 0) is 11.6 Å². The summed E-state index contributed by atoms with van der Waals surface area (Å²) < 4.78 is 27.1. The minimum absolute atomic E-state index is 0.0166. The van der Waals surface area contributed by atoms with Gasteiger partial charge in [-0.3, -0.25) is 9.05 Å². The lowest BCUT2D eigenvalue weighted by molar-refractivity contribution is -0.870. The first-order chi connectivity index (χ1) is 10.3. The van der Waals surface area contributed by atoms with E-state index in [9.17, 15) is 9.46 Å². The molecule has 0 saturated heterocycles. The summed E-state index contributed by atoms with van der Waals surface area (Å²) in [6.45, 7) is 0.931. The molecule has 0 amide bonds. The maximum atomic E-state index is 11.6. The number of phosphoric acid groups is 1. The summed E-state index contributed by atoms with van der Waals surface area (Å²) in [7, 11) is 1.92. The molecule has 0 bridgehead atoms. The van der Waals surface area contributed by atoms with E-state index >= 15 is 0 Å². The first kappa shape index (κ1) is 18.9. The first-order valence-corrected chi connectivity index (χ1v) is 8.54. The van der Waals surface area contributed by atoms with Crippen LogP contribution in [0.4, 0.5) is 0 Å². The summed E-state index contributed by atoms with van der Waals surface area (Å²) in [5, 5.41) is 0. The van der Waals surface area contributed by atoms with Crippen LogP contribution in [0.15, 0.2) is 36.6 Å². The topological polar surface area (TPSA) is 65.0 Å². The smallest absolute Gasteiger partial charge is 0.472 e. The summed E-state index contributed by atoms with van der Waals surface area (Å²) in [5.74, 6) is 0. The molecule has 0 aromatic heterocycles. The van der Waals surface area contributed by atoms with Crippen LogP contribution in [0.25, 0.3) is 6.08 Å². The number of rotatable bonds is 10. The Bertz CT molecular complexity index is 498. The van der Waals surface area contributed by atoms with Crippen molar-refractivity contribution in [2.24, 2.45) is 0 Å². The van der Waals surface area contributed by atoms with Crippen molar-refractivity contribution >= 4 is 13.9 Å². The van der Waals surface area contributed by atoms with Gasteiger partial charge in [0.1, 0.15) is 19.8 Å². The zero-order chi connectivity index (χ0) is 16.5. The maximum absolute atomic E-state index is 11.6. The normalized spacial score (nSPS) is 14.9. The van der Waals surface area contributed by atoms with E-state index in [-0.39, 0.29) is 19.8 Å². The van der Waals surface area contributed by atoms with Gasteiger partial charge in [0.15, 0.2) is 0 Å². The summed E-state index contributed by atoms with van der Waals surface area (Å²) in [4.78, 5) is 9.48. The van der Waals surface area contributed by atoms with Crippen molar-refractivity contribution in [2.75, 3.05) is 47.5 Å². The summed E-state index contributed by atoms with van der Waals surface area (Å²) >= 11 is 0. The summed E-state index contributed by atoms with van der Waals surface area (Å²) in [6, 6.07) is 9.68. The number of ether oxygens (including phenoxy) is 1. The fourth-order valence-corrected chi connectivity index (χ4v) is 2.12. The van der Waals surface area contributed by atoms with Crippen LogP contribution < -0.4 is 0 Å². The van der Waals surface area contributed by atoms with Crippen LogP contribution >= 0.6 is 7.82 Å². The third-order valence-corrected chi connectivity index (χ3v) is 3.65. The number of hydrogen-bond acceptors (Lipinski definition) is 4. The van der Waals surface area contributed by atoms with E-state index in [2.05, 4.69) is 0 Å². The van der Waals surface area contributed by atoms with Gasteiger partial charge >= 0.3 is 7.82 Å². The van der Waals surface area contributed by atoms with Gasteiger partial charge in [0.2, 0.25) is 0 Å². The molecule has 0 aliphatic rings. The first-order valence-electron chi connectivity index (χ1n) is 7.04. The van der Waals surface area contributed by atoms with E-state index in [1.165, 1.54) is 6.26 Å². The Morgan fingerprint density at radius 1 is 1.09 bits per heavy atom. The van der Waals surface area contributed by atoms with E-state index in [1.807, 2.05) is 51.5 Å². The quantitative estimate of drug-likeness (QED) is 0.309. The second-order valence-electron chi connectivity index (χ2n) is 5.73. The molecule has 1 aromatic rings. The highest BCUT2D eigenvalue weighted by molar-refractivity contribution is 7.47. The Hall–Kier alpha value is -1.17. The SMILES string of the molecule is C[N+](C)(C)CCOP(=O)(O)OCCOC=Cc1ccccc1. The molecule has 22 heavy (non-hydrogen) atoms. The van der Waals surface area contributed by atoms with E-state index in [0.717, 1.165) is 5.56 Å². The number of quaternary nitrogens is 1. The number of nitrogens with zero attached hydrogens (tertiary/aromatic N) is 1. The molecule has 1 rings (SSSR count). The lowest BCUT2D eigenvalue weighted by atomic mass is 10.2. The van der Waals surface area contributed by atoms with Crippen LogP contribution in [0.3, 0.4) is 0 Å². The lowest BCUT2D eigenvalue weighted by Gasteiger charge is -2.23. The molecule has 1 unspecified atom stereocenters. The number of likely N-dealkylation sites (N-methyl/N-ethyl adjacent to an activating group) is 1. The molecule has 0 aliphatic carbocycles. The van der Waals surface area contributed by atoms with Crippen LogP contribution in [0, 0.1) is 0 Å². The van der Waals surface area contributed by atoms with E-state index in [0.29, 0.717) is 11.0 Å². The molecule has 0 heterocycles. The van der Waals surface area contributed by atoms with Gasteiger partial charge in [-0.2, -0.15) is 0 Å². The van der Waals surface area contributed by atoms with Crippen LogP contribution in [0.1, 0.15) is 5.56 Å². The Balaban J connectivity index is 2.15. The molecular formula is C15H25NO5P+. The minimum Gasteiger partial charge on any atom is -0.499 e. The highest BCUT2D eigenvalue weighted by Crippen LogP contribution is 2.42. The van der Waals surface area contributed by atoms with Gasteiger partial charge < -0.3 is 14.1 Å². The monoisotopic (exact) mass is 330 g/mol. The van der Waals surface area contributed by atoms with Gasteiger partial charge in [-0.1, -0.05) is 30.3 Å². The predicted octanol–water partition coefficient (Wildman–Crippen LogP) is 2.51. The molecule has 7 heteroatoms. The van der Waals surface area contributed by atoms with Crippen molar-refractivity contribution in [3.8, 4) is 0 Å². The van der Waals surface area contributed by atoms with Gasteiger partial charge in [-0.15, -0.1) is 0 Å². The van der Waals surface area contributed by atoms with E-state index in [4.69, 9.17) is 13.8 Å². The average Bonchev–Trinajstić information content (AvgIpc) is 2.42. The maximum Gasteiger partial charge on any atom is 0.472 e. The molecule has 1 atom stereocenters. The summed E-state index contributed by atoms with van der Waals surface area (Å²) in [6.07, 6.45) is 3.33. The highest BCUT2D eigenvalue weighted by atomic mass is 31.2. The third-order valence-electron chi connectivity index (χ3n) is 2.63. The van der Waals surface area contributed by atoms with Crippen molar-refractivity contribution < 1.29 is 27.7 Å². The van der Waals surface area contributed by atoms with Crippen LogP contribution in [-0.4, -0.2) is 56.9 Å². The number of hydrogen-bond donors (Lipinski definition) is 1. The van der Waals surface area contributed by atoms with Crippen LogP contribution in [-0.2, 0) is 18.3 Å². The average molecular weight is 330 g/mol. The van der Waals surface area contributed by atoms with Crippen molar-refractivity contribution in [2.45, 2.75) is 0 Å². The van der Waals surface area contributed by atoms with Gasteiger partial charge in [0.25, 0.3) is 0 Å². The standard InChI is InChI=1S/C15H24NO5P/c1-16(2,3)10-12-20-22(17,18)21-14-13-19-11-9-15-7-5-4-6-8-15/h4-9,11H,10,12-14H2,1-3H3/p+1. The fourth-order valence-electron chi connectivity index (χ4n) is 1.43. The Labute approximate surface area is 132 Å². The zero-order valence-corrected chi connectivity index (χ0v) is 14.2. The molecule has 0 aliphatic heterocycles. The second kappa shape index (κ2) is 9.08. The van der Waals surface area contributed by atoms with E-state index in [1.54, 1.807) is 6.08 Å². The largest absolute Gasteiger partial charge is 0.499 e. The Morgan fingerprint density at radius 3 is 2.36 bits per heavy atom. The Morgan fingerprint density at radius 2 is 1.73 bits per heavy atom. The highest BCUT2D eigenvalue weighted by Gasteiger charge is 2.22. The molecule has 124 valence electrons. The number of phosphoric ester groups is 1. The zero-order valence-electron chi connectivity index (χ0n) is 13.3. The van der Waals surface area contributed by atoms with Crippen LogP contribution in [0.5, 0.6) is 0 Å². The number of benzene rings is 1. The molecule has 6 nitrogen and oxygen atoms in total.